The normalized spacial score (nSPS) is 10.4. The first kappa shape index (κ1) is 13.9. The summed E-state index contributed by atoms with van der Waals surface area (Å²) in [5.41, 5.74) is 4.68. The van der Waals surface area contributed by atoms with Crippen LogP contribution in [0.2, 0.25) is 0 Å². The Bertz CT molecular complexity index is 916. The summed E-state index contributed by atoms with van der Waals surface area (Å²) in [4.78, 5) is 15.6. The first-order valence-corrected chi connectivity index (χ1v) is 6.99. The standard InChI is InChI=1S/C18H15N3O/c1-11-6-7-15-12(2)17(21-16(15)8-11)18(22)20-14-5-3-4-13(9-14)10-19/h3-9,21H,1-2H3,(H,20,22). The van der Waals surface area contributed by atoms with E-state index in [0.29, 0.717) is 16.9 Å². The van der Waals surface area contributed by atoms with Gasteiger partial charge in [0.25, 0.3) is 5.91 Å². The molecule has 108 valence electrons. The van der Waals surface area contributed by atoms with Crippen LogP contribution in [0.4, 0.5) is 5.69 Å². The minimum absolute atomic E-state index is 0.207. The maximum atomic E-state index is 12.5. The molecular weight excluding hydrogens is 274 g/mol. The summed E-state index contributed by atoms with van der Waals surface area (Å²) in [5.74, 6) is -0.207. The number of fused-ring (bicyclic) bond motifs is 1. The van der Waals surface area contributed by atoms with E-state index in [1.807, 2.05) is 32.0 Å². The number of benzene rings is 2. The van der Waals surface area contributed by atoms with Crippen LogP contribution in [0, 0.1) is 25.2 Å². The van der Waals surface area contributed by atoms with Gasteiger partial charge in [-0.3, -0.25) is 4.79 Å². The Hall–Kier alpha value is -3.06. The molecule has 0 saturated carbocycles. The SMILES string of the molecule is Cc1ccc2c(C)c(C(=O)Nc3cccc(C#N)c3)[nH]c2c1. The number of aryl methyl sites for hydroxylation is 2. The summed E-state index contributed by atoms with van der Waals surface area (Å²) in [7, 11) is 0. The molecule has 0 spiro atoms. The van der Waals surface area contributed by atoms with E-state index in [0.717, 1.165) is 22.0 Å². The number of anilines is 1. The van der Waals surface area contributed by atoms with Gasteiger partial charge in [-0.1, -0.05) is 18.2 Å². The predicted molar refractivity (Wildman–Crippen MR) is 86.9 cm³/mol. The van der Waals surface area contributed by atoms with Gasteiger partial charge in [-0.25, -0.2) is 0 Å². The van der Waals surface area contributed by atoms with E-state index in [9.17, 15) is 4.79 Å². The number of hydrogen-bond acceptors (Lipinski definition) is 2. The monoisotopic (exact) mass is 289 g/mol. The molecule has 0 aliphatic rings. The van der Waals surface area contributed by atoms with Gasteiger partial charge in [-0.15, -0.1) is 0 Å². The fourth-order valence-electron chi connectivity index (χ4n) is 2.54. The molecule has 4 heteroatoms. The maximum Gasteiger partial charge on any atom is 0.272 e. The molecule has 0 saturated heterocycles. The molecule has 3 aromatic rings. The third kappa shape index (κ3) is 2.45. The van der Waals surface area contributed by atoms with Crippen LogP contribution in [0.1, 0.15) is 27.2 Å². The third-order valence-corrected chi connectivity index (χ3v) is 3.69. The van der Waals surface area contributed by atoms with Gasteiger partial charge in [0, 0.05) is 16.6 Å². The van der Waals surface area contributed by atoms with Gasteiger partial charge in [-0.2, -0.15) is 5.26 Å². The summed E-state index contributed by atoms with van der Waals surface area (Å²) < 4.78 is 0. The summed E-state index contributed by atoms with van der Waals surface area (Å²) in [6, 6.07) is 15.0. The number of carbonyl (C=O) groups is 1. The van der Waals surface area contributed by atoms with Gasteiger partial charge in [-0.05, 0) is 49.2 Å². The van der Waals surface area contributed by atoms with E-state index in [1.54, 1.807) is 24.3 Å². The van der Waals surface area contributed by atoms with Crippen molar-refractivity contribution in [1.82, 2.24) is 4.98 Å². The Kier molecular flexibility index (Phi) is 3.40. The van der Waals surface area contributed by atoms with Crippen molar-refractivity contribution in [2.24, 2.45) is 0 Å². The predicted octanol–water partition coefficient (Wildman–Crippen LogP) is 3.91. The van der Waals surface area contributed by atoms with Crippen molar-refractivity contribution in [1.29, 1.82) is 5.26 Å². The number of carbonyl (C=O) groups excluding carboxylic acids is 1. The number of hydrogen-bond donors (Lipinski definition) is 2. The van der Waals surface area contributed by atoms with E-state index in [-0.39, 0.29) is 5.91 Å². The second-order valence-electron chi connectivity index (χ2n) is 5.32. The zero-order valence-electron chi connectivity index (χ0n) is 12.4. The molecule has 0 fully saturated rings. The van der Waals surface area contributed by atoms with Crippen molar-refractivity contribution in [3.8, 4) is 6.07 Å². The number of rotatable bonds is 2. The molecule has 0 aliphatic heterocycles. The minimum Gasteiger partial charge on any atom is -0.350 e. The van der Waals surface area contributed by atoms with Crippen LogP contribution in [-0.2, 0) is 0 Å². The Morgan fingerprint density at radius 3 is 2.77 bits per heavy atom. The van der Waals surface area contributed by atoms with Crippen LogP contribution >= 0.6 is 0 Å². The highest BCUT2D eigenvalue weighted by atomic mass is 16.1. The molecule has 0 radical (unpaired) electrons. The lowest BCUT2D eigenvalue weighted by atomic mass is 10.1. The minimum atomic E-state index is -0.207. The van der Waals surface area contributed by atoms with E-state index in [4.69, 9.17) is 5.26 Å². The van der Waals surface area contributed by atoms with Crippen molar-refractivity contribution in [2.45, 2.75) is 13.8 Å². The van der Waals surface area contributed by atoms with Gasteiger partial charge in [0.05, 0.1) is 11.6 Å². The number of nitrogens with one attached hydrogen (secondary N) is 2. The zero-order chi connectivity index (χ0) is 15.7. The number of aromatic nitrogens is 1. The average Bonchev–Trinajstić information content (AvgIpc) is 2.84. The highest BCUT2D eigenvalue weighted by Gasteiger charge is 2.15. The van der Waals surface area contributed by atoms with Gasteiger partial charge in [0.2, 0.25) is 0 Å². The lowest BCUT2D eigenvalue weighted by Gasteiger charge is -2.05. The molecule has 0 atom stereocenters. The smallest absolute Gasteiger partial charge is 0.272 e. The van der Waals surface area contributed by atoms with Gasteiger partial charge in [0.1, 0.15) is 5.69 Å². The van der Waals surface area contributed by atoms with E-state index < -0.39 is 0 Å². The fourth-order valence-corrected chi connectivity index (χ4v) is 2.54. The maximum absolute atomic E-state index is 12.5. The Labute approximate surface area is 128 Å². The molecule has 4 nitrogen and oxygen atoms in total. The fraction of sp³-hybridized carbons (Fsp3) is 0.111. The van der Waals surface area contributed by atoms with E-state index >= 15 is 0 Å². The second kappa shape index (κ2) is 5.38. The molecule has 3 rings (SSSR count). The van der Waals surface area contributed by atoms with Crippen molar-refractivity contribution in [3.05, 3.63) is 64.8 Å². The zero-order valence-corrected chi connectivity index (χ0v) is 12.4. The average molecular weight is 289 g/mol. The molecule has 0 aliphatic carbocycles. The van der Waals surface area contributed by atoms with Crippen LogP contribution in [0.15, 0.2) is 42.5 Å². The summed E-state index contributed by atoms with van der Waals surface area (Å²) >= 11 is 0. The number of amides is 1. The lowest BCUT2D eigenvalue weighted by molar-refractivity contribution is 0.102. The number of nitriles is 1. The largest absolute Gasteiger partial charge is 0.350 e. The van der Waals surface area contributed by atoms with Crippen molar-refractivity contribution in [3.63, 3.8) is 0 Å². The van der Waals surface area contributed by atoms with Gasteiger partial charge >= 0.3 is 0 Å². The van der Waals surface area contributed by atoms with Crippen LogP contribution < -0.4 is 5.32 Å². The van der Waals surface area contributed by atoms with Crippen LogP contribution in [-0.4, -0.2) is 10.9 Å². The number of H-pyrrole nitrogens is 1. The van der Waals surface area contributed by atoms with E-state index in [2.05, 4.69) is 16.4 Å². The van der Waals surface area contributed by atoms with Crippen LogP contribution in [0.5, 0.6) is 0 Å². The quantitative estimate of drug-likeness (QED) is 0.751. The molecular formula is C18H15N3O. The summed E-state index contributed by atoms with van der Waals surface area (Å²) in [6.07, 6.45) is 0. The number of aromatic amines is 1. The molecule has 22 heavy (non-hydrogen) atoms. The van der Waals surface area contributed by atoms with Crippen LogP contribution in [0.3, 0.4) is 0 Å². The topological polar surface area (TPSA) is 68.7 Å². The van der Waals surface area contributed by atoms with Crippen molar-refractivity contribution in [2.75, 3.05) is 5.32 Å². The summed E-state index contributed by atoms with van der Waals surface area (Å²) in [5, 5.41) is 12.8. The molecule has 1 heterocycles. The highest BCUT2D eigenvalue weighted by Crippen LogP contribution is 2.23. The van der Waals surface area contributed by atoms with Gasteiger partial charge < -0.3 is 10.3 Å². The van der Waals surface area contributed by atoms with Crippen LogP contribution in [0.25, 0.3) is 10.9 Å². The molecule has 2 aromatic carbocycles. The molecule has 0 unspecified atom stereocenters. The highest BCUT2D eigenvalue weighted by molar-refractivity contribution is 6.07. The van der Waals surface area contributed by atoms with E-state index in [1.165, 1.54) is 0 Å². The Balaban J connectivity index is 1.95. The second-order valence-corrected chi connectivity index (χ2v) is 5.32. The summed E-state index contributed by atoms with van der Waals surface area (Å²) in [6.45, 7) is 3.94. The number of nitrogens with zero attached hydrogens (tertiary/aromatic N) is 1. The third-order valence-electron chi connectivity index (χ3n) is 3.69. The first-order valence-electron chi connectivity index (χ1n) is 6.99. The Morgan fingerprint density at radius 2 is 2.00 bits per heavy atom. The molecule has 0 bridgehead atoms. The molecule has 2 N–H and O–H groups in total. The first-order chi connectivity index (χ1) is 10.6. The lowest BCUT2D eigenvalue weighted by Crippen LogP contribution is -2.13. The van der Waals surface area contributed by atoms with Gasteiger partial charge in [0.15, 0.2) is 0 Å². The van der Waals surface area contributed by atoms with Crippen molar-refractivity contribution < 1.29 is 4.79 Å². The molecule has 1 aromatic heterocycles. The van der Waals surface area contributed by atoms with Crippen molar-refractivity contribution >= 4 is 22.5 Å². The molecule has 1 amide bonds. The Morgan fingerprint density at radius 1 is 1.18 bits per heavy atom.